The number of carbonyl (C=O) groups excluding carboxylic acids is 2. The number of rotatable bonds is 7. The van der Waals surface area contributed by atoms with E-state index in [1.807, 2.05) is 18.2 Å². The van der Waals surface area contributed by atoms with E-state index in [4.69, 9.17) is 4.74 Å². The number of amides is 1. The molecule has 1 amide bonds. The van der Waals surface area contributed by atoms with Gasteiger partial charge in [-0.1, -0.05) is 49.0 Å². The molecule has 0 spiro atoms. The molecule has 1 unspecified atom stereocenters. The molecular weight excluding hydrogens is 460 g/mol. The van der Waals surface area contributed by atoms with E-state index in [1.54, 1.807) is 19.1 Å². The Hall–Kier alpha value is -2.98. The Labute approximate surface area is 199 Å². The number of aromatic amines is 1. The summed E-state index contributed by atoms with van der Waals surface area (Å²) in [5.41, 5.74) is 1.99. The Bertz CT molecular complexity index is 1220. The lowest BCUT2D eigenvalue weighted by atomic mass is 9.88. The van der Waals surface area contributed by atoms with Crippen molar-refractivity contribution in [3.05, 3.63) is 56.7 Å². The maximum absolute atomic E-state index is 12.7. The molecule has 0 saturated carbocycles. The highest BCUT2D eigenvalue weighted by atomic mass is 32.2. The Balaban J connectivity index is 1.46. The largest absolute Gasteiger partial charge is 0.462 e. The van der Waals surface area contributed by atoms with Crippen molar-refractivity contribution in [3.8, 4) is 11.3 Å². The van der Waals surface area contributed by atoms with Crippen LogP contribution in [-0.4, -0.2) is 39.4 Å². The summed E-state index contributed by atoms with van der Waals surface area (Å²) in [6.45, 7) is 4.22. The number of thioether (sulfide) groups is 1. The molecule has 2 aromatic heterocycles. The van der Waals surface area contributed by atoms with E-state index in [9.17, 15) is 14.4 Å². The van der Waals surface area contributed by atoms with Gasteiger partial charge in [0.15, 0.2) is 10.9 Å². The third kappa shape index (κ3) is 5.33. The number of fused-ring (bicyclic) bond motifs is 1. The van der Waals surface area contributed by atoms with Gasteiger partial charge in [0.1, 0.15) is 5.00 Å². The molecule has 0 bridgehead atoms. The molecule has 172 valence electrons. The lowest BCUT2D eigenvalue weighted by Gasteiger charge is -2.18. The molecule has 10 heteroatoms. The van der Waals surface area contributed by atoms with Crippen molar-refractivity contribution in [1.29, 1.82) is 0 Å². The van der Waals surface area contributed by atoms with Gasteiger partial charge in [-0.2, -0.15) is 0 Å². The predicted molar refractivity (Wildman–Crippen MR) is 129 cm³/mol. The molecule has 0 fully saturated rings. The molecule has 33 heavy (non-hydrogen) atoms. The zero-order chi connectivity index (χ0) is 23.4. The summed E-state index contributed by atoms with van der Waals surface area (Å²) in [4.78, 5) is 41.4. The summed E-state index contributed by atoms with van der Waals surface area (Å²) in [7, 11) is 0. The Kier molecular flexibility index (Phi) is 7.24. The standard InChI is InChI=1S/C23H24N4O4S2/c1-3-31-22(30)18-15-10-9-13(2)11-16(15)33-21(18)24-17(28)12-32-23-25-20(29)19(26-27-23)14-7-5-4-6-8-14/h4-8,13H,3,9-12H2,1-2H3,(H,24,28)(H,25,27,29). The number of carbonyl (C=O) groups is 2. The van der Waals surface area contributed by atoms with Crippen molar-refractivity contribution < 1.29 is 14.3 Å². The van der Waals surface area contributed by atoms with Crippen LogP contribution in [0.3, 0.4) is 0 Å². The van der Waals surface area contributed by atoms with Crippen molar-refractivity contribution in [2.45, 2.75) is 38.3 Å². The first-order valence-corrected chi connectivity index (χ1v) is 12.5. The van der Waals surface area contributed by atoms with Crippen molar-refractivity contribution in [2.75, 3.05) is 17.7 Å². The van der Waals surface area contributed by atoms with Crippen molar-refractivity contribution >= 4 is 40.0 Å². The van der Waals surface area contributed by atoms with Crippen LogP contribution in [0.15, 0.2) is 40.3 Å². The van der Waals surface area contributed by atoms with Gasteiger partial charge in [-0.05, 0) is 37.7 Å². The minimum absolute atomic E-state index is 0.0105. The van der Waals surface area contributed by atoms with Gasteiger partial charge in [0.2, 0.25) is 5.91 Å². The Morgan fingerprint density at radius 2 is 2.06 bits per heavy atom. The van der Waals surface area contributed by atoms with Crippen LogP contribution >= 0.6 is 23.1 Å². The van der Waals surface area contributed by atoms with Crippen molar-refractivity contribution in [3.63, 3.8) is 0 Å². The van der Waals surface area contributed by atoms with E-state index < -0.39 is 5.97 Å². The van der Waals surface area contributed by atoms with E-state index in [2.05, 4.69) is 27.4 Å². The zero-order valence-corrected chi connectivity index (χ0v) is 20.0. The quantitative estimate of drug-likeness (QED) is 0.386. The minimum Gasteiger partial charge on any atom is -0.462 e. The number of benzene rings is 1. The number of thiophene rings is 1. The second kappa shape index (κ2) is 10.3. The molecule has 2 heterocycles. The predicted octanol–water partition coefficient (Wildman–Crippen LogP) is 3.93. The minimum atomic E-state index is -0.404. The van der Waals surface area contributed by atoms with Crippen LogP contribution in [-0.2, 0) is 22.4 Å². The van der Waals surface area contributed by atoms with Gasteiger partial charge in [-0.15, -0.1) is 21.5 Å². The number of ether oxygens (including phenoxy) is 1. The summed E-state index contributed by atoms with van der Waals surface area (Å²) < 4.78 is 5.24. The smallest absolute Gasteiger partial charge is 0.341 e. The number of H-pyrrole nitrogens is 1. The van der Waals surface area contributed by atoms with E-state index >= 15 is 0 Å². The lowest BCUT2D eigenvalue weighted by Crippen LogP contribution is -2.18. The molecule has 0 saturated heterocycles. The molecule has 2 N–H and O–H groups in total. The zero-order valence-electron chi connectivity index (χ0n) is 18.3. The van der Waals surface area contributed by atoms with Gasteiger partial charge in [-0.25, -0.2) is 4.79 Å². The maximum atomic E-state index is 12.7. The van der Waals surface area contributed by atoms with Gasteiger partial charge in [0, 0.05) is 10.4 Å². The molecular formula is C23H24N4O4S2. The highest BCUT2D eigenvalue weighted by Crippen LogP contribution is 2.40. The van der Waals surface area contributed by atoms with Gasteiger partial charge >= 0.3 is 5.97 Å². The summed E-state index contributed by atoms with van der Waals surface area (Å²) >= 11 is 2.52. The molecule has 1 aliphatic carbocycles. The first-order valence-electron chi connectivity index (χ1n) is 10.7. The molecule has 0 radical (unpaired) electrons. The van der Waals surface area contributed by atoms with Crippen LogP contribution in [0.4, 0.5) is 5.00 Å². The normalized spacial score (nSPS) is 15.0. The van der Waals surface area contributed by atoms with Crippen LogP contribution in [0.25, 0.3) is 11.3 Å². The monoisotopic (exact) mass is 484 g/mol. The molecule has 1 aromatic carbocycles. The average molecular weight is 485 g/mol. The second-order valence-corrected chi connectivity index (χ2v) is 9.86. The number of nitrogens with one attached hydrogen (secondary N) is 2. The highest BCUT2D eigenvalue weighted by Gasteiger charge is 2.29. The van der Waals surface area contributed by atoms with Crippen molar-refractivity contribution in [1.82, 2.24) is 15.2 Å². The van der Waals surface area contributed by atoms with Crippen LogP contribution in [0.2, 0.25) is 0 Å². The first kappa shape index (κ1) is 23.2. The van der Waals surface area contributed by atoms with E-state index in [-0.39, 0.29) is 34.7 Å². The molecule has 4 rings (SSSR count). The molecule has 3 aromatic rings. The van der Waals surface area contributed by atoms with Gasteiger partial charge in [0.05, 0.1) is 17.9 Å². The van der Waals surface area contributed by atoms with Crippen LogP contribution in [0.5, 0.6) is 0 Å². The maximum Gasteiger partial charge on any atom is 0.341 e. The summed E-state index contributed by atoms with van der Waals surface area (Å²) in [5.74, 6) is -0.151. The number of aromatic nitrogens is 3. The van der Waals surface area contributed by atoms with E-state index in [0.29, 0.717) is 22.0 Å². The summed E-state index contributed by atoms with van der Waals surface area (Å²) in [6, 6.07) is 9.05. The fourth-order valence-electron chi connectivity index (χ4n) is 3.73. The summed E-state index contributed by atoms with van der Waals surface area (Å²) in [5, 5.41) is 11.7. The fraction of sp³-hybridized carbons (Fsp3) is 0.348. The number of anilines is 1. The topological polar surface area (TPSA) is 114 Å². The first-order chi connectivity index (χ1) is 16.0. The molecule has 0 aliphatic heterocycles. The van der Waals surface area contributed by atoms with Gasteiger partial charge in [0.25, 0.3) is 5.56 Å². The highest BCUT2D eigenvalue weighted by molar-refractivity contribution is 7.99. The Morgan fingerprint density at radius 1 is 1.27 bits per heavy atom. The Morgan fingerprint density at radius 3 is 2.79 bits per heavy atom. The number of hydrogen-bond acceptors (Lipinski definition) is 8. The van der Waals surface area contributed by atoms with Crippen LogP contribution in [0, 0.1) is 5.92 Å². The fourth-order valence-corrected chi connectivity index (χ4v) is 5.75. The second-order valence-electron chi connectivity index (χ2n) is 7.79. The number of esters is 1. The van der Waals surface area contributed by atoms with E-state index in [1.165, 1.54) is 11.3 Å². The average Bonchev–Trinajstić information content (AvgIpc) is 3.15. The number of nitrogens with zero attached hydrogens (tertiary/aromatic N) is 2. The van der Waals surface area contributed by atoms with Crippen molar-refractivity contribution in [2.24, 2.45) is 5.92 Å². The van der Waals surface area contributed by atoms with Crippen LogP contribution in [0.1, 0.15) is 41.1 Å². The SMILES string of the molecule is CCOC(=O)c1c(NC(=O)CSc2nnc(-c3ccccc3)c(=O)[nH]2)sc2c1CCC(C)C2. The van der Waals surface area contributed by atoms with Gasteiger partial charge < -0.3 is 10.1 Å². The van der Waals surface area contributed by atoms with E-state index in [0.717, 1.165) is 41.5 Å². The molecule has 1 aliphatic rings. The lowest BCUT2D eigenvalue weighted by molar-refractivity contribution is -0.113. The molecule has 1 atom stereocenters. The van der Waals surface area contributed by atoms with Crippen LogP contribution < -0.4 is 10.9 Å². The number of hydrogen-bond donors (Lipinski definition) is 2. The summed E-state index contributed by atoms with van der Waals surface area (Å²) in [6.07, 6.45) is 2.70. The third-order valence-electron chi connectivity index (χ3n) is 5.31. The van der Waals surface area contributed by atoms with Gasteiger partial charge in [-0.3, -0.25) is 14.6 Å². The molecule has 8 nitrogen and oxygen atoms in total. The third-order valence-corrected chi connectivity index (χ3v) is 7.34.